The molecule has 0 fully saturated rings. The number of hydrogen-bond donors (Lipinski definition) is 1. The van der Waals surface area contributed by atoms with Gasteiger partial charge in [0.2, 0.25) is 11.9 Å². The fourth-order valence-electron chi connectivity index (χ4n) is 2.15. The van der Waals surface area contributed by atoms with Crippen LogP contribution < -0.4 is 10.6 Å². The highest BCUT2D eigenvalue weighted by atomic mass is 16.2. The predicted octanol–water partition coefficient (Wildman–Crippen LogP) is 1.52. The Bertz CT molecular complexity index is 641. The molecule has 1 aromatic carbocycles. The first kappa shape index (κ1) is 15.0. The number of carbonyl (C=O) groups excluding carboxylic acids is 1. The molecule has 1 heterocycles. The number of amides is 1. The van der Waals surface area contributed by atoms with Crippen molar-refractivity contribution in [3.63, 3.8) is 0 Å². The van der Waals surface area contributed by atoms with Crippen molar-refractivity contribution >= 4 is 28.6 Å². The minimum atomic E-state index is 0.0321. The Morgan fingerprint density at radius 1 is 1.24 bits per heavy atom. The molecule has 1 amide bonds. The molecule has 6 nitrogen and oxygen atoms in total. The maximum absolute atomic E-state index is 12.0. The zero-order valence-electron chi connectivity index (χ0n) is 12.7. The standard InChI is InChI=1S/C15H21N5O/c1-4-9-20(10-13(21)19(2)3)14-11-7-5-6-8-12(11)17-15(16)18-14/h5-8H,4,9-10H2,1-3H3,(H2,16,17,18). The number of nitrogen functional groups attached to an aromatic ring is 1. The molecule has 0 atom stereocenters. The molecule has 1 aromatic heterocycles. The number of hydrogen-bond acceptors (Lipinski definition) is 5. The van der Waals surface area contributed by atoms with Crippen LogP contribution in [-0.2, 0) is 4.79 Å². The maximum atomic E-state index is 12.0. The first-order valence-corrected chi connectivity index (χ1v) is 7.00. The van der Waals surface area contributed by atoms with E-state index in [-0.39, 0.29) is 18.4 Å². The first-order valence-electron chi connectivity index (χ1n) is 7.00. The number of para-hydroxylation sites is 1. The number of nitrogens with two attached hydrogens (primary N) is 1. The summed E-state index contributed by atoms with van der Waals surface area (Å²) in [7, 11) is 3.50. The van der Waals surface area contributed by atoms with E-state index >= 15 is 0 Å². The van der Waals surface area contributed by atoms with Crippen LogP contribution in [0.2, 0.25) is 0 Å². The van der Waals surface area contributed by atoms with Gasteiger partial charge in [-0.05, 0) is 18.6 Å². The van der Waals surface area contributed by atoms with Gasteiger partial charge in [0, 0.05) is 26.0 Å². The number of carbonyl (C=O) groups is 1. The summed E-state index contributed by atoms with van der Waals surface area (Å²) in [5, 5.41) is 0.909. The highest BCUT2D eigenvalue weighted by Crippen LogP contribution is 2.24. The SMILES string of the molecule is CCCN(CC(=O)N(C)C)c1nc(N)nc2ccccc12. The molecule has 0 aliphatic carbocycles. The quantitative estimate of drug-likeness (QED) is 0.902. The van der Waals surface area contributed by atoms with E-state index in [1.165, 1.54) is 0 Å². The summed E-state index contributed by atoms with van der Waals surface area (Å²) >= 11 is 0. The molecule has 2 aromatic rings. The molecule has 0 saturated heterocycles. The van der Waals surface area contributed by atoms with Gasteiger partial charge in [0.05, 0.1) is 12.1 Å². The van der Waals surface area contributed by atoms with E-state index < -0.39 is 0 Å². The summed E-state index contributed by atoms with van der Waals surface area (Å²) in [6.07, 6.45) is 0.916. The van der Waals surface area contributed by atoms with E-state index in [1.54, 1.807) is 19.0 Å². The Kier molecular flexibility index (Phi) is 4.57. The van der Waals surface area contributed by atoms with Gasteiger partial charge in [-0.25, -0.2) is 4.98 Å². The van der Waals surface area contributed by atoms with Gasteiger partial charge in [-0.3, -0.25) is 4.79 Å². The molecule has 0 aliphatic rings. The van der Waals surface area contributed by atoms with Crippen molar-refractivity contribution in [3.8, 4) is 0 Å². The van der Waals surface area contributed by atoms with E-state index in [0.29, 0.717) is 0 Å². The molecule has 0 saturated carbocycles. The molecule has 0 aliphatic heterocycles. The summed E-state index contributed by atoms with van der Waals surface area (Å²) in [6, 6.07) is 7.69. The lowest BCUT2D eigenvalue weighted by atomic mass is 10.2. The lowest BCUT2D eigenvalue weighted by Crippen LogP contribution is -2.37. The Labute approximate surface area is 124 Å². The van der Waals surface area contributed by atoms with E-state index in [4.69, 9.17) is 5.73 Å². The van der Waals surface area contributed by atoms with Crippen LogP contribution in [0.4, 0.5) is 11.8 Å². The van der Waals surface area contributed by atoms with Crippen molar-refractivity contribution < 1.29 is 4.79 Å². The second-order valence-electron chi connectivity index (χ2n) is 5.13. The zero-order chi connectivity index (χ0) is 15.4. The Balaban J connectivity index is 2.46. The number of anilines is 2. The predicted molar refractivity (Wildman–Crippen MR) is 85.1 cm³/mol. The van der Waals surface area contributed by atoms with Crippen LogP contribution in [0.25, 0.3) is 10.9 Å². The van der Waals surface area contributed by atoms with Gasteiger partial charge in [0.25, 0.3) is 0 Å². The van der Waals surface area contributed by atoms with Crippen molar-refractivity contribution in [2.45, 2.75) is 13.3 Å². The third kappa shape index (κ3) is 3.39. The molecular weight excluding hydrogens is 266 g/mol. The molecule has 2 N–H and O–H groups in total. The highest BCUT2D eigenvalue weighted by Gasteiger charge is 2.17. The molecule has 112 valence electrons. The van der Waals surface area contributed by atoms with Crippen LogP contribution in [0.1, 0.15) is 13.3 Å². The van der Waals surface area contributed by atoms with E-state index in [2.05, 4.69) is 16.9 Å². The number of likely N-dealkylation sites (N-methyl/N-ethyl adjacent to an activating group) is 1. The van der Waals surface area contributed by atoms with Crippen LogP contribution in [0.15, 0.2) is 24.3 Å². The monoisotopic (exact) mass is 287 g/mol. The third-order valence-electron chi connectivity index (χ3n) is 3.22. The number of benzene rings is 1. The van der Waals surface area contributed by atoms with Gasteiger partial charge in [0.1, 0.15) is 5.82 Å². The van der Waals surface area contributed by atoms with Gasteiger partial charge >= 0.3 is 0 Å². The molecule has 0 spiro atoms. The van der Waals surface area contributed by atoms with Crippen LogP contribution in [0.5, 0.6) is 0 Å². The van der Waals surface area contributed by atoms with Crippen molar-refractivity contribution in [2.24, 2.45) is 0 Å². The van der Waals surface area contributed by atoms with Crippen molar-refractivity contribution in [1.29, 1.82) is 0 Å². The van der Waals surface area contributed by atoms with Gasteiger partial charge < -0.3 is 15.5 Å². The van der Waals surface area contributed by atoms with Crippen molar-refractivity contribution in [1.82, 2.24) is 14.9 Å². The number of aromatic nitrogens is 2. The second-order valence-corrected chi connectivity index (χ2v) is 5.13. The summed E-state index contributed by atoms with van der Waals surface area (Å²) in [5.74, 6) is 0.974. The summed E-state index contributed by atoms with van der Waals surface area (Å²) < 4.78 is 0. The topological polar surface area (TPSA) is 75.4 Å². The minimum Gasteiger partial charge on any atom is -0.368 e. The smallest absolute Gasteiger partial charge is 0.241 e. The Hall–Kier alpha value is -2.37. The normalized spacial score (nSPS) is 10.6. The number of fused-ring (bicyclic) bond motifs is 1. The first-order chi connectivity index (χ1) is 10.0. The average molecular weight is 287 g/mol. The van der Waals surface area contributed by atoms with Crippen molar-refractivity contribution in [2.75, 3.05) is 37.8 Å². The molecule has 0 bridgehead atoms. The lowest BCUT2D eigenvalue weighted by molar-refractivity contribution is -0.127. The van der Waals surface area contributed by atoms with Crippen LogP contribution >= 0.6 is 0 Å². The Morgan fingerprint density at radius 2 is 1.95 bits per heavy atom. The fraction of sp³-hybridized carbons (Fsp3) is 0.400. The van der Waals surface area contributed by atoms with Gasteiger partial charge in [-0.15, -0.1) is 0 Å². The summed E-state index contributed by atoms with van der Waals surface area (Å²) in [5.41, 5.74) is 6.60. The van der Waals surface area contributed by atoms with Crippen molar-refractivity contribution in [3.05, 3.63) is 24.3 Å². The molecule has 6 heteroatoms. The molecule has 0 radical (unpaired) electrons. The highest BCUT2D eigenvalue weighted by molar-refractivity contribution is 5.92. The van der Waals surface area contributed by atoms with Gasteiger partial charge in [-0.2, -0.15) is 4.98 Å². The van der Waals surface area contributed by atoms with Gasteiger partial charge in [0.15, 0.2) is 0 Å². The minimum absolute atomic E-state index is 0.0321. The maximum Gasteiger partial charge on any atom is 0.241 e. The third-order valence-corrected chi connectivity index (χ3v) is 3.22. The largest absolute Gasteiger partial charge is 0.368 e. The molecule has 2 rings (SSSR count). The van der Waals surface area contributed by atoms with E-state index in [1.807, 2.05) is 29.2 Å². The molecule has 21 heavy (non-hydrogen) atoms. The summed E-state index contributed by atoms with van der Waals surface area (Å²) in [6.45, 7) is 3.08. The average Bonchev–Trinajstić information content (AvgIpc) is 2.45. The van der Waals surface area contributed by atoms with E-state index in [9.17, 15) is 4.79 Å². The van der Waals surface area contributed by atoms with E-state index in [0.717, 1.165) is 29.7 Å². The molecule has 0 unspecified atom stereocenters. The fourth-order valence-corrected chi connectivity index (χ4v) is 2.15. The number of rotatable bonds is 5. The van der Waals surface area contributed by atoms with Crippen LogP contribution in [0.3, 0.4) is 0 Å². The van der Waals surface area contributed by atoms with Gasteiger partial charge in [-0.1, -0.05) is 19.1 Å². The van der Waals surface area contributed by atoms with Crippen LogP contribution in [-0.4, -0.2) is 48.0 Å². The molecular formula is C15H21N5O. The van der Waals surface area contributed by atoms with Crippen LogP contribution in [0, 0.1) is 0 Å². The lowest BCUT2D eigenvalue weighted by Gasteiger charge is -2.25. The Morgan fingerprint density at radius 3 is 2.62 bits per heavy atom. The number of nitrogens with zero attached hydrogens (tertiary/aromatic N) is 4. The second kappa shape index (κ2) is 6.39. The zero-order valence-corrected chi connectivity index (χ0v) is 12.7. The summed E-state index contributed by atoms with van der Waals surface area (Å²) in [4.78, 5) is 24.2.